The molecular formula is C5H6FO. The van der Waals surface area contributed by atoms with Gasteiger partial charge in [0.05, 0.1) is 6.33 Å². The molecule has 0 aliphatic carbocycles. The number of allylic oxidation sites excluding steroid dienone is 1. The number of carbonyl (C=O) groups excluding carboxylic acids is 1. The molecule has 0 saturated heterocycles. The van der Waals surface area contributed by atoms with Gasteiger partial charge >= 0.3 is 0 Å². The number of rotatable bonds is 2. The monoisotopic (exact) mass is 101 g/mol. The number of halogens is 1. The molecule has 0 N–H and O–H groups in total. The molecule has 2 heteroatoms. The first kappa shape index (κ1) is 6.34. The number of hydrogen-bond acceptors (Lipinski definition) is 1. The van der Waals surface area contributed by atoms with E-state index in [-0.39, 0.29) is 12.2 Å². The van der Waals surface area contributed by atoms with E-state index in [1.165, 1.54) is 0 Å². The maximum Gasteiger partial charge on any atom is 0.137 e. The molecule has 0 saturated carbocycles. The SMILES string of the molecule is [CH2]C(=O)C/C=C/F. The maximum atomic E-state index is 11.0. The highest BCUT2D eigenvalue weighted by atomic mass is 19.1. The van der Waals surface area contributed by atoms with Gasteiger partial charge < -0.3 is 0 Å². The fraction of sp³-hybridized carbons (Fsp3) is 0.200. The van der Waals surface area contributed by atoms with E-state index in [1.54, 1.807) is 0 Å². The first-order valence-electron chi connectivity index (χ1n) is 1.87. The molecule has 0 aromatic carbocycles. The third-order valence-corrected chi connectivity index (χ3v) is 0.435. The van der Waals surface area contributed by atoms with Gasteiger partial charge in [0.25, 0.3) is 0 Å². The molecule has 0 spiro atoms. The van der Waals surface area contributed by atoms with Crippen LogP contribution in [0.25, 0.3) is 0 Å². The maximum absolute atomic E-state index is 11.0. The van der Waals surface area contributed by atoms with Gasteiger partial charge in [0.2, 0.25) is 0 Å². The van der Waals surface area contributed by atoms with Gasteiger partial charge in [0, 0.05) is 13.3 Å². The van der Waals surface area contributed by atoms with Crippen LogP contribution in [0.1, 0.15) is 6.42 Å². The molecule has 7 heavy (non-hydrogen) atoms. The molecule has 0 rings (SSSR count). The fourth-order valence-corrected chi connectivity index (χ4v) is 0.176. The lowest BCUT2D eigenvalue weighted by molar-refractivity contribution is -0.114. The predicted octanol–water partition coefficient (Wildman–Crippen LogP) is 1.26. The van der Waals surface area contributed by atoms with Gasteiger partial charge in [-0.2, -0.15) is 0 Å². The normalized spacial score (nSPS) is 10.0. The molecule has 39 valence electrons. The Morgan fingerprint density at radius 1 is 1.86 bits per heavy atom. The zero-order valence-electron chi connectivity index (χ0n) is 3.86. The second-order valence-corrected chi connectivity index (χ2v) is 1.10. The summed E-state index contributed by atoms with van der Waals surface area (Å²) in [7, 11) is 0. The van der Waals surface area contributed by atoms with Crippen LogP contribution in [0, 0.1) is 6.92 Å². The van der Waals surface area contributed by atoms with E-state index in [9.17, 15) is 9.18 Å². The third kappa shape index (κ3) is 5.34. The van der Waals surface area contributed by atoms with E-state index in [0.717, 1.165) is 6.08 Å². The summed E-state index contributed by atoms with van der Waals surface area (Å²) in [5.41, 5.74) is 0. The van der Waals surface area contributed by atoms with Crippen molar-refractivity contribution in [1.29, 1.82) is 0 Å². The Morgan fingerprint density at radius 2 is 2.43 bits per heavy atom. The Bertz CT molecular complexity index is 86.1. The predicted molar refractivity (Wildman–Crippen MR) is 25.2 cm³/mol. The van der Waals surface area contributed by atoms with Crippen LogP contribution in [0.2, 0.25) is 0 Å². The Labute approximate surface area is 41.8 Å². The minimum atomic E-state index is -0.270. The molecule has 0 aromatic rings. The summed E-state index contributed by atoms with van der Waals surface area (Å²) in [4.78, 5) is 9.87. The summed E-state index contributed by atoms with van der Waals surface area (Å²) < 4.78 is 11.0. The zero-order chi connectivity index (χ0) is 5.70. The molecule has 0 aliphatic rings. The molecule has 0 aromatic heterocycles. The number of ketones is 1. The van der Waals surface area contributed by atoms with Crippen molar-refractivity contribution in [3.8, 4) is 0 Å². The average Bonchev–Trinajstić information content (AvgIpc) is 1.61. The van der Waals surface area contributed by atoms with Crippen LogP contribution < -0.4 is 0 Å². The van der Waals surface area contributed by atoms with Crippen LogP contribution in [0.15, 0.2) is 12.4 Å². The highest BCUT2D eigenvalue weighted by molar-refractivity contribution is 5.83. The molecular weight excluding hydrogens is 95.1 g/mol. The van der Waals surface area contributed by atoms with E-state index in [0.29, 0.717) is 6.33 Å². The molecule has 0 heterocycles. The highest BCUT2D eigenvalue weighted by Crippen LogP contribution is 1.82. The van der Waals surface area contributed by atoms with Crippen LogP contribution in [-0.2, 0) is 4.79 Å². The quantitative estimate of drug-likeness (QED) is 0.511. The molecule has 0 fully saturated rings. The topological polar surface area (TPSA) is 17.1 Å². The summed E-state index contributed by atoms with van der Waals surface area (Å²) in [6.07, 6.45) is 1.55. The van der Waals surface area contributed by atoms with Gasteiger partial charge in [0.1, 0.15) is 5.78 Å². The van der Waals surface area contributed by atoms with Gasteiger partial charge in [0.15, 0.2) is 0 Å². The molecule has 0 amide bonds. The van der Waals surface area contributed by atoms with Gasteiger partial charge in [-0.05, 0) is 6.08 Å². The Kier molecular flexibility index (Phi) is 3.19. The van der Waals surface area contributed by atoms with Crippen molar-refractivity contribution in [2.24, 2.45) is 0 Å². The van der Waals surface area contributed by atoms with Crippen molar-refractivity contribution >= 4 is 5.78 Å². The highest BCUT2D eigenvalue weighted by Gasteiger charge is 1.82. The lowest BCUT2D eigenvalue weighted by atomic mass is 10.3. The van der Waals surface area contributed by atoms with E-state index in [2.05, 4.69) is 6.92 Å². The first-order chi connectivity index (χ1) is 3.27. The minimum absolute atomic E-state index is 0.0938. The Morgan fingerprint density at radius 3 is 2.57 bits per heavy atom. The minimum Gasteiger partial charge on any atom is -0.299 e. The second-order valence-electron chi connectivity index (χ2n) is 1.10. The molecule has 0 atom stereocenters. The van der Waals surface area contributed by atoms with Gasteiger partial charge in [-0.1, -0.05) is 0 Å². The van der Waals surface area contributed by atoms with Crippen molar-refractivity contribution in [2.75, 3.05) is 0 Å². The van der Waals surface area contributed by atoms with E-state index in [4.69, 9.17) is 0 Å². The fourth-order valence-electron chi connectivity index (χ4n) is 0.176. The number of hydrogen-bond donors (Lipinski definition) is 0. The summed E-state index contributed by atoms with van der Waals surface area (Å²) >= 11 is 0. The van der Waals surface area contributed by atoms with Crippen LogP contribution >= 0.6 is 0 Å². The van der Waals surface area contributed by atoms with Crippen molar-refractivity contribution in [3.63, 3.8) is 0 Å². The van der Waals surface area contributed by atoms with Crippen molar-refractivity contribution in [2.45, 2.75) is 6.42 Å². The van der Waals surface area contributed by atoms with Crippen molar-refractivity contribution in [1.82, 2.24) is 0 Å². The molecule has 0 unspecified atom stereocenters. The largest absolute Gasteiger partial charge is 0.299 e. The molecule has 0 aliphatic heterocycles. The van der Waals surface area contributed by atoms with Gasteiger partial charge in [-0.15, -0.1) is 0 Å². The smallest absolute Gasteiger partial charge is 0.137 e. The Balaban J connectivity index is 3.14. The van der Waals surface area contributed by atoms with E-state index >= 15 is 0 Å². The molecule has 1 nitrogen and oxygen atoms in total. The average molecular weight is 101 g/mol. The van der Waals surface area contributed by atoms with Crippen LogP contribution in [0.3, 0.4) is 0 Å². The van der Waals surface area contributed by atoms with E-state index in [1.807, 2.05) is 0 Å². The summed E-state index contributed by atoms with van der Waals surface area (Å²) in [6, 6.07) is 0. The number of carbonyl (C=O) groups is 1. The van der Waals surface area contributed by atoms with Crippen molar-refractivity contribution < 1.29 is 9.18 Å². The lowest BCUT2D eigenvalue weighted by Gasteiger charge is -1.76. The van der Waals surface area contributed by atoms with Crippen LogP contribution in [0.5, 0.6) is 0 Å². The summed E-state index contributed by atoms with van der Waals surface area (Å²) in [5.74, 6) is -0.270. The lowest BCUT2D eigenvalue weighted by Crippen LogP contribution is -1.83. The standard InChI is InChI=1S/C5H6FO/c1-5(7)3-2-4-6/h2,4H,1,3H2/b4-2+. The first-order valence-corrected chi connectivity index (χ1v) is 1.87. The molecule has 1 radical (unpaired) electrons. The third-order valence-electron chi connectivity index (χ3n) is 0.435. The van der Waals surface area contributed by atoms with Gasteiger partial charge in [-0.25, -0.2) is 4.39 Å². The van der Waals surface area contributed by atoms with Crippen LogP contribution in [-0.4, -0.2) is 5.78 Å². The Hall–Kier alpha value is -0.660. The molecule has 0 bridgehead atoms. The zero-order valence-corrected chi connectivity index (χ0v) is 3.86. The second kappa shape index (κ2) is 3.53. The summed E-state index contributed by atoms with van der Waals surface area (Å²) in [5, 5.41) is 0. The van der Waals surface area contributed by atoms with Gasteiger partial charge in [-0.3, -0.25) is 4.79 Å². The van der Waals surface area contributed by atoms with Crippen molar-refractivity contribution in [3.05, 3.63) is 19.3 Å². The van der Waals surface area contributed by atoms with Crippen LogP contribution in [0.4, 0.5) is 4.39 Å². The summed E-state index contributed by atoms with van der Waals surface area (Å²) in [6.45, 7) is 3.02. The number of Topliss-reactive ketones (excluding diaryl/α,β-unsaturated/α-hetero) is 1. The van der Waals surface area contributed by atoms with E-state index < -0.39 is 0 Å².